The summed E-state index contributed by atoms with van der Waals surface area (Å²) in [5, 5.41) is 21.8. The number of benzene rings is 1. The summed E-state index contributed by atoms with van der Waals surface area (Å²) < 4.78 is 5.08. The molecule has 1 fully saturated rings. The van der Waals surface area contributed by atoms with Gasteiger partial charge in [-0.1, -0.05) is 17.7 Å². The van der Waals surface area contributed by atoms with Gasteiger partial charge in [-0.25, -0.2) is 0 Å². The quantitative estimate of drug-likeness (QED) is 0.672. The predicted molar refractivity (Wildman–Crippen MR) is 100 cm³/mol. The molecule has 0 unspecified atom stereocenters. The molecule has 1 amide bonds. The van der Waals surface area contributed by atoms with Crippen LogP contribution in [0.3, 0.4) is 0 Å². The monoisotopic (exact) mass is 380 g/mol. The van der Waals surface area contributed by atoms with E-state index in [1.54, 1.807) is 24.1 Å². The Hall–Kier alpha value is -1.60. The third-order valence-corrected chi connectivity index (χ3v) is 5.68. The molecule has 1 aliphatic rings. The van der Waals surface area contributed by atoms with Crippen LogP contribution in [-0.4, -0.2) is 65.5 Å². The number of carbonyl (C=O) groups excluding carboxylic acids is 1. The largest absolute Gasteiger partial charge is 0.396 e. The molecular formula is C19H25ClN2O4. The molecule has 0 spiro atoms. The van der Waals surface area contributed by atoms with Crippen molar-refractivity contribution in [3.05, 3.63) is 35.0 Å². The minimum Gasteiger partial charge on any atom is -0.396 e. The normalized spacial score (nSPS) is 23.5. The van der Waals surface area contributed by atoms with E-state index in [-0.39, 0.29) is 12.5 Å². The maximum absolute atomic E-state index is 13.0. The third-order valence-electron chi connectivity index (χ3n) is 5.35. The minimum atomic E-state index is -0.712. The number of H-pyrrole nitrogens is 1. The van der Waals surface area contributed by atoms with Crippen molar-refractivity contribution in [3.8, 4) is 0 Å². The fourth-order valence-corrected chi connectivity index (χ4v) is 4.00. The van der Waals surface area contributed by atoms with Gasteiger partial charge >= 0.3 is 0 Å². The summed E-state index contributed by atoms with van der Waals surface area (Å²) >= 11 is 6.20. The Kier molecular flexibility index (Phi) is 5.87. The highest BCUT2D eigenvalue weighted by Crippen LogP contribution is 2.35. The number of hydrogen-bond acceptors (Lipinski definition) is 4. The topological polar surface area (TPSA) is 85.8 Å². The molecule has 1 saturated heterocycles. The van der Waals surface area contributed by atoms with Crippen LogP contribution in [0.2, 0.25) is 5.02 Å². The smallest absolute Gasteiger partial charge is 0.270 e. The zero-order chi connectivity index (χ0) is 18.7. The van der Waals surface area contributed by atoms with Crippen molar-refractivity contribution in [3.63, 3.8) is 0 Å². The van der Waals surface area contributed by atoms with Crippen LogP contribution in [0.1, 0.15) is 29.8 Å². The van der Waals surface area contributed by atoms with Crippen LogP contribution in [0.15, 0.2) is 24.3 Å². The number of amides is 1. The predicted octanol–water partition coefficient (Wildman–Crippen LogP) is 2.43. The Morgan fingerprint density at radius 3 is 3.00 bits per heavy atom. The van der Waals surface area contributed by atoms with Crippen molar-refractivity contribution >= 4 is 28.4 Å². The van der Waals surface area contributed by atoms with Gasteiger partial charge in [0.1, 0.15) is 5.69 Å². The van der Waals surface area contributed by atoms with Gasteiger partial charge in [0.05, 0.1) is 12.7 Å². The molecule has 0 bridgehead atoms. The molecule has 1 aromatic heterocycles. The van der Waals surface area contributed by atoms with Crippen LogP contribution in [-0.2, 0) is 4.74 Å². The second-order valence-electron chi connectivity index (χ2n) is 7.03. The molecule has 26 heavy (non-hydrogen) atoms. The second-order valence-corrected chi connectivity index (χ2v) is 7.44. The summed E-state index contributed by atoms with van der Waals surface area (Å²) in [4.78, 5) is 17.8. The Morgan fingerprint density at radius 2 is 2.31 bits per heavy atom. The SMILES string of the molecule is COCCC[C@@]1(CO)CN(C(=O)c2cc3c(Cl)cccc3[nH]2)CC[C@H]1O. The molecule has 1 aromatic carbocycles. The van der Waals surface area contributed by atoms with E-state index >= 15 is 0 Å². The fraction of sp³-hybridized carbons (Fsp3) is 0.526. The highest BCUT2D eigenvalue weighted by atomic mass is 35.5. The van der Waals surface area contributed by atoms with Gasteiger partial charge in [0.2, 0.25) is 0 Å². The van der Waals surface area contributed by atoms with Gasteiger partial charge in [0.25, 0.3) is 5.91 Å². The number of ether oxygens (including phenoxy) is 1. The summed E-state index contributed by atoms with van der Waals surface area (Å²) in [6.07, 6.45) is 1.13. The van der Waals surface area contributed by atoms with Crippen LogP contribution in [0, 0.1) is 5.41 Å². The number of nitrogens with one attached hydrogen (secondary N) is 1. The van der Waals surface area contributed by atoms with Gasteiger partial charge in [0, 0.05) is 48.1 Å². The number of fused-ring (bicyclic) bond motifs is 1. The molecule has 2 heterocycles. The molecule has 2 aromatic rings. The summed E-state index contributed by atoms with van der Waals surface area (Å²) in [6.45, 7) is 1.16. The second kappa shape index (κ2) is 7.96. The van der Waals surface area contributed by atoms with Crippen molar-refractivity contribution in [1.82, 2.24) is 9.88 Å². The lowest BCUT2D eigenvalue weighted by Crippen LogP contribution is -2.55. The molecule has 2 atom stereocenters. The number of rotatable bonds is 6. The molecule has 6 nitrogen and oxygen atoms in total. The molecule has 142 valence electrons. The van der Waals surface area contributed by atoms with E-state index < -0.39 is 11.5 Å². The van der Waals surface area contributed by atoms with Gasteiger partial charge in [-0.2, -0.15) is 0 Å². The Labute approximate surface area is 157 Å². The first-order valence-corrected chi connectivity index (χ1v) is 9.23. The van der Waals surface area contributed by atoms with Crippen LogP contribution in [0.4, 0.5) is 0 Å². The summed E-state index contributed by atoms with van der Waals surface area (Å²) in [5.41, 5.74) is 0.565. The van der Waals surface area contributed by atoms with E-state index in [0.717, 1.165) is 17.3 Å². The number of carbonyl (C=O) groups is 1. The summed E-state index contributed by atoms with van der Waals surface area (Å²) in [7, 11) is 1.62. The number of aliphatic hydroxyl groups excluding tert-OH is 2. The van der Waals surface area contributed by atoms with E-state index in [9.17, 15) is 15.0 Å². The molecule has 0 aliphatic carbocycles. The van der Waals surface area contributed by atoms with Gasteiger partial charge in [-0.3, -0.25) is 4.79 Å². The highest BCUT2D eigenvalue weighted by Gasteiger charge is 2.43. The molecule has 0 saturated carbocycles. The Morgan fingerprint density at radius 1 is 1.50 bits per heavy atom. The molecule has 0 radical (unpaired) electrons. The van der Waals surface area contributed by atoms with E-state index in [1.165, 1.54) is 0 Å². The zero-order valence-electron chi connectivity index (χ0n) is 14.9. The van der Waals surface area contributed by atoms with Crippen molar-refractivity contribution in [2.45, 2.75) is 25.4 Å². The number of likely N-dealkylation sites (tertiary alicyclic amines) is 1. The molecule has 3 N–H and O–H groups in total. The maximum atomic E-state index is 13.0. The number of aromatic nitrogens is 1. The van der Waals surface area contributed by atoms with Crippen LogP contribution in [0.25, 0.3) is 10.9 Å². The lowest BCUT2D eigenvalue weighted by Gasteiger charge is -2.45. The number of piperidine rings is 1. The van der Waals surface area contributed by atoms with E-state index in [4.69, 9.17) is 16.3 Å². The Balaban J connectivity index is 1.81. The van der Waals surface area contributed by atoms with E-state index in [1.807, 2.05) is 12.1 Å². The maximum Gasteiger partial charge on any atom is 0.270 e. The molecule has 3 rings (SSSR count). The first-order valence-electron chi connectivity index (χ1n) is 8.85. The number of aromatic amines is 1. The number of hydrogen-bond donors (Lipinski definition) is 3. The fourth-order valence-electron chi connectivity index (χ4n) is 3.77. The van der Waals surface area contributed by atoms with Crippen LogP contribution < -0.4 is 0 Å². The van der Waals surface area contributed by atoms with Crippen molar-refractivity contribution < 1.29 is 19.7 Å². The van der Waals surface area contributed by atoms with Crippen LogP contribution in [0.5, 0.6) is 0 Å². The molecule has 7 heteroatoms. The first-order chi connectivity index (χ1) is 12.5. The Bertz CT molecular complexity index is 778. The first kappa shape index (κ1) is 19.2. The van der Waals surface area contributed by atoms with Gasteiger partial charge in [0.15, 0.2) is 0 Å². The number of halogens is 1. The molecular weight excluding hydrogens is 356 g/mol. The van der Waals surface area contributed by atoms with Gasteiger partial charge in [-0.15, -0.1) is 0 Å². The third kappa shape index (κ3) is 3.60. The number of nitrogens with zero attached hydrogens (tertiary/aromatic N) is 1. The van der Waals surface area contributed by atoms with Crippen LogP contribution >= 0.6 is 11.6 Å². The van der Waals surface area contributed by atoms with E-state index in [0.29, 0.717) is 43.3 Å². The highest BCUT2D eigenvalue weighted by molar-refractivity contribution is 6.35. The lowest BCUT2D eigenvalue weighted by molar-refractivity contribution is -0.0745. The van der Waals surface area contributed by atoms with E-state index in [2.05, 4.69) is 4.98 Å². The average molecular weight is 381 g/mol. The van der Waals surface area contributed by atoms with Gasteiger partial charge < -0.3 is 24.8 Å². The van der Waals surface area contributed by atoms with Gasteiger partial charge in [-0.05, 0) is 37.5 Å². The number of methoxy groups -OCH3 is 1. The number of aliphatic hydroxyl groups is 2. The standard InChI is InChI=1S/C19H25ClN2O4/c1-26-9-3-7-19(12-23)11-22(8-6-17(19)24)18(25)16-10-13-14(20)4-2-5-15(13)21-16/h2,4-5,10,17,21,23-24H,3,6-9,11-12H2,1H3/t17-,19+/m1/s1. The lowest BCUT2D eigenvalue weighted by atomic mass is 9.74. The van der Waals surface area contributed by atoms with Crippen molar-refractivity contribution in [1.29, 1.82) is 0 Å². The summed E-state index contributed by atoms with van der Waals surface area (Å²) in [6, 6.07) is 7.26. The van der Waals surface area contributed by atoms with Crippen molar-refractivity contribution in [2.24, 2.45) is 5.41 Å². The summed E-state index contributed by atoms with van der Waals surface area (Å²) in [5.74, 6) is -0.145. The van der Waals surface area contributed by atoms with Crippen molar-refractivity contribution in [2.75, 3.05) is 33.4 Å². The minimum absolute atomic E-state index is 0.145. The average Bonchev–Trinajstić information content (AvgIpc) is 3.09. The molecule has 1 aliphatic heterocycles. The zero-order valence-corrected chi connectivity index (χ0v) is 15.6.